The van der Waals surface area contributed by atoms with Crippen LogP contribution in [0.5, 0.6) is 5.75 Å². The predicted octanol–water partition coefficient (Wildman–Crippen LogP) is 4.68. The third kappa shape index (κ3) is 4.62. The van der Waals surface area contributed by atoms with Crippen LogP contribution in [-0.4, -0.2) is 52.5 Å². The zero-order valence-electron chi connectivity index (χ0n) is 19.1. The molecule has 178 valence electrons. The fourth-order valence-electron chi connectivity index (χ4n) is 4.17. The largest absolute Gasteiger partial charge is 0.489 e. The first-order valence-electron chi connectivity index (χ1n) is 11.3. The normalized spacial score (nSPS) is 13.5. The third-order valence-corrected chi connectivity index (χ3v) is 5.97. The first kappa shape index (κ1) is 22.6. The van der Waals surface area contributed by atoms with E-state index in [2.05, 4.69) is 15.3 Å². The summed E-state index contributed by atoms with van der Waals surface area (Å²) in [6, 6.07) is 11.0. The van der Waals surface area contributed by atoms with Crippen LogP contribution in [0.25, 0.3) is 33.4 Å². The van der Waals surface area contributed by atoms with Gasteiger partial charge in [-0.3, -0.25) is 9.78 Å². The Morgan fingerprint density at radius 3 is 2.66 bits per heavy atom. The molecule has 4 aromatic rings. The Kier molecular flexibility index (Phi) is 6.22. The summed E-state index contributed by atoms with van der Waals surface area (Å²) < 4.78 is 33.7. The minimum absolute atomic E-state index is 0.118. The molecule has 2 aromatic carbocycles. The van der Waals surface area contributed by atoms with Gasteiger partial charge in [0.05, 0.1) is 6.54 Å². The van der Waals surface area contributed by atoms with E-state index >= 15 is 0 Å². The van der Waals surface area contributed by atoms with Gasteiger partial charge in [-0.15, -0.1) is 0 Å². The van der Waals surface area contributed by atoms with Crippen LogP contribution in [-0.2, 0) is 4.79 Å². The summed E-state index contributed by atoms with van der Waals surface area (Å²) in [6.07, 6.45) is 4.75. The molecule has 5 rings (SSSR count). The van der Waals surface area contributed by atoms with Crippen LogP contribution >= 0.6 is 0 Å². The number of benzene rings is 2. The molecule has 1 aliphatic heterocycles. The number of hydrogen-bond donors (Lipinski definition) is 1. The van der Waals surface area contributed by atoms with Crippen molar-refractivity contribution in [3.63, 3.8) is 0 Å². The molecule has 1 N–H and O–H groups in total. The van der Waals surface area contributed by atoms with Crippen LogP contribution in [0, 0.1) is 11.6 Å². The zero-order valence-corrected chi connectivity index (χ0v) is 19.1. The van der Waals surface area contributed by atoms with Gasteiger partial charge >= 0.3 is 0 Å². The maximum atomic E-state index is 14.0. The monoisotopic (exact) mass is 475 g/mol. The average molecular weight is 475 g/mol. The Morgan fingerprint density at radius 1 is 1.06 bits per heavy atom. The Hall–Kier alpha value is -4.14. The molecule has 1 saturated heterocycles. The highest BCUT2D eigenvalue weighted by atomic mass is 19.2. The molecule has 1 aliphatic rings. The van der Waals surface area contributed by atoms with Crippen molar-refractivity contribution in [2.45, 2.75) is 12.8 Å². The van der Waals surface area contributed by atoms with Gasteiger partial charge in [0.25, 0.3) is 0 Å². The Labute approximate surface area is 200 Å². The highest BCUT2D eigenvalue weighted by Gasteiger charge is 2.21. The van der Waals surface area contributed by atoms with E-state index in [-0.39, 0.29) is 12.5 Å². The SMILES string of the molecule is CNc1nc(-c2cccnc2)nc2c(OCCN3CCCC3=O)cc(-c3ccc(F)c(F)c3)cc12. The highest BCUT2D eigenvalue weighted by Crippen LogP contribution is 2.36. The summed E-state index contributed by atoms with van der Waals surface area (Å²) in [5.74, 6) is -0.255. The number of carbonyl (C=O) groups excluding carboxylic acids is 1. The maximum absolute atomic E-state index is 14.0. The molecule has 0 radical (unpaired) electrons. The fourth-order valence-corrected chi connectivity index (χ4v) is 4.17. The standard InChI is InChI=1S/C26H23F2N5O2/c1-29-26-19-12-18(16-6-7-20(27)21(28)13-16)14-22(35-11-10-33-9-3-5-23(33)34)24(19)31-25(32-26)17-4-2-8-30-15-17/h2,4,6-8,12-15H,3,5,9-11H2,1H3,(H,29,31,32). The molecule has 3 heterocycles. The number of anilines is 1. The van der Waals surface area contributed by atoms with Crippen LogP contribution in [0.3, 0.4) is 0 Å². The van der Waals surface area contributed by atoms with Crippen molar-refractivity contribution in [3.8, 4) is 28.3 Å². The number of rotatable bonds is 7. The minimum atomic E-state index is -0.936. The summed E-state index contributed by atoms with van der Waals surface area (Å²) in [7, 11) is 1.75. The quantitative estimate of drug-likeness (QED) is 0.418. The number of amides is 1. The lowest BCUT2D eigenvalue weighted by Gasteiger charge is -2.18. The summed E-state index contributed by atoms with van der Waals surface area (Å²) >= 11 is 0. The van der Waals surface area contributed by atoms with E-state index in [1.54, 1.807) is 36.5 Å². The lowest BCUT2D eigenvalue weighted by atomic mass is 10.0. The molecule has 9 heteroatoms. The second kappa shape index (κ2) is 9.61. The van der Waals surface area contributed by atoms with E-state index in [4.69, 9.17) is 9.72 Å². The van der Waals surface area contributed by atoms with Crippen molar-refractivity contribution in [2.24, 2.45) is 0 Å². The van der Waals surface area contributed by atoms with Crippen molar-refractivity contribution >= 4 is 22.6 Å². The first-order valence-corrected chi connectivity index (χ1v) is 11.3. The van der Waals surface area contributed by atoms with E-state index in [0.29, 0.717) is 52.4 Å². The molecular weight excluding hydrogens is 452 g/mol. The number of aromatic nitrogens is 3. The van der Waals surface area contributed by atoms with Crippen molar-refractivity contribution < 1.29 is 18.3 Å². The van der Waals surface area contributed by atoms with Gasteiger partial charge in [0.1, 0.15) is 23.7 Å². The fraction of sp³-hybridized carbons (Fsp3) is 0.231. The van der Waals surface area contributed by atoms with Gasteiger partial charge in [-0.2, -0.15) is 0 Å². The number of ether oxygens (including phenoxy) is 1. The molecule has 0 aliphatic carbocycles. The van der Waals surface area contributed by atoms with E-state index in [0.717, 1.165) is 30.7 Å². The van der Waals surface area contributed by atoms with Crippen molar-refractivity contribution in [3.05, 3.63) is 66.5 Å². The number of hydrogen-bond acceptors (Lipinski definition) is 6. The van der Waals surface area contributed by atoms with Crippen LogP contribution in [0.15, 0.2) is 54.9 Å². The van der Waals surface area contributed by atoms with Crippen LogP contribution < -0.4 is 10.1 Å². The van der Waals surface area contributed by atoms with Gasteiger partial charge in [0.15, 0.2) is 17.5 Å². The molecule has 1 amide bonds. The number of carbonyl (C=O) groups is 1. The van der Waals surface area contributed by atoms with Gasteiger partial charge in [-0.25, -0.2) is 18.7 Å². The molecule has 0 atom stereocenters. The average Bonchev–Trinajstić information content (AvgIpc) is 3.29. The molecule has 0 unspecified atom stereocenters. The van der Waals surface area contributed by atoms with Crippen LogP contribution in [0.4, 0.5) is 14.6 Å². The molecule has 35 heavy (non-hydrogen) atoms. The molecule has 0 bridgehead atoms. The van der Waals surface area contributed by atoms with Crippen LogP contribution in [0.2, 0.25) is 0 Å². The molecule has 1 fully saturated rings. The van der Waals surface area contributed by atoms with Gasteiger partial charge in [0.2, 0.25) is 5.91 Å². The molecule has 2 aromatic heterocycles. The number of fused-ring (bicyclic) bond motifs is 1. The van der Waals surface area contributed by atoms with E-state index in [1.165, 1.54) is 6.07 Å². The van der Waals surface area contributed by atoms with Gasteiger partial charge in [-0.05, 0) is 53.9 Å². The Bertz CT molecular complexity index is 1400. The van der Waals surface area contributed by atoms with E-state index in [9.17, 15) is 13.6 Å². The summed E-state index contributed by atoms with van der Waals surface area (Å²) in [5, 5.41) is 3.76. The van der Waals surface area contributed by atoms with E-state index in [1.807, 2.05) is 12.1 Å². The summed E-state index contributed by atoms with van der Waals surface area (Å²) in [4.78, 5) is 27.3. The molecule has 0 saturated carbocycles. The zero-order chi connectivity index (χ0) is 24.4. The first-order chi connectivity index (χ1) is 17.0. The number of likely N-dealkylation sites (tertiary alicyclic amines) is 1. The summed E-state index contributed by atoms with van der Waals surface area (Å²) in [5.41, 5.74) is 2.41. The van der Waals surface area contributed by atoms with Gasteiger partial charge < -0.3 is 15.0 Å². The second-order valence-electron chi connectivity index (χ2n) is 8.22. The highest BCUT2D eigenvalue weighted by molar-refractivity contribution is 5.97. The number of pyridine rings is 1. The molecular formula is C26H23F2N5O2. The van der Waals surface area contributed by atoms with Gasteiger partial charge in [-0.1, -0.05) is 6.07 Å². The lowest BCUT2D eigenvalue weighted by molar-refractivity contribution is -0.128. The lowest BCUT2D eigenvalue weighted by Crippen LogP contribution is -2.29. The van der Waals surface area contributed by atoms with Crippen molar-refractivity contribution in [1.82, 2.24) is 19.9 Å². The predicted molar refractivity (Wildman–Crippen MR) is 129 cm³/mol. The van der Waals surface area contributed by atoms with E-state index < -0.39 is 11.6 Å². The molecule has 7 nitrogen and oxygen atoms in total. The smallest absolute Gasteiger partial charge is 0.222 e. The number of nitrogens with one attached hydrogen (secondary N) is 1. The maximum Gasteiger partial charge on any atom is 0.222 e. The second-order valence-corrected chi connectivity index (χ2v) is 8.22. The van der Waals surface area contributed by atoms with Gasteiger partial charge in [0, 0.05) is 43.4 Å². The summed E-state index contributed by atoms with van der Waals surface area (Å²) in [6.45, 7) is 1.44. The number of nitrogens with zero attached hydrogens (tertiary/aromatic N) is 4. The van der Waals surface area contributed by atoms with Crippen molar-refractivity contribution in [2.75, 3.05) is 32.1 Å². The Morgan fingerprint density at radius 2 is 1.94 bits per heavy atom. The number of halogens is 2. The molecule has 0 spiro atoms. The minimum Gasteiger partial charge on any atom is -0.489 e. The third-order valence-electron chi connectivity index (χ3n) is 5.97. The Balaban J connectivity index is 1.61. The van der Waals surface area contributed by atoms with Crippen molar-refractivity contribution in [1.29, 1.82) is 0 Å². The topological polar surface area (TPSA) is 80.2 Å². The van der Waals surface area contributed by atoms with Crippen LogP contribution in [0.1, 0.15) is 12.8 Å².